The number of methoxy groups -OCH3 is 1. The van der Waals surface area contributed by atoms with E-state index in [4.69, 9.17) is 4.74 Å². The summed E-state index contributed by atoms with van der Waals surface area (Å²) in [6.07, 6.45) is 2.19. The van der Waals surface area contributed by atoms with Crippen LogP contribution in [0.2, 0.25) is 0 Å². The van der Waals surface area contributed by atoms with E-state index in [2.05, 4.69) is 19.9 Å². The molecule has 0 bridgehead atoms. The van der Waals surface area contributed by atoms with Crippen molar-refractivity contribution < 1.29 is 19.4 Å². The van der Waals surface area contributed by atoms with Crippen LogP contribution in [0.4, 0.5) is 0 Å². The van der Waals surface area contributed by atoms with Gasteiger partial charge in [0.2, 0.25) is 5.91 Å². The summed E-state index contributed by atoms with van der Waals surface area (Å²) in [7, 11) is 1.55. The molecule has 122 valence electrons. The summed E-state index contributed by atoms with van der Waals surface area (Å²) in [6, 6.07) is 1.42. The van der Waals surface area contributed by atoms with E-state index < -0.39 is 12.0 Å². The number of rotatable bonds is 6. The summed E-state index contributed by atoms with van der Waals surface area (Å²) in [6.45, 7) is 4.56. The quantitative estimate of drug-likeness (QED) is 0.872. The van der Waals surface area contributed by atoms with Crippen molar-refractivity contribution in [3.63, 3.8) is 0 Å². The molecule has 2 unspecified atom stereocenters. The molecule has 2 atom stereocenters. The zero-order chi connectivity index (χ0) is 16.3. The standard InChI is InChI=1S/C16H23NO4S/c1-10-7-12(11(2)22-10)5-4-6-15(18)17-9-13(21-3)8-14(17)16(19)20/h7,13-14H,4-6,8-9H2,1-3H3,(H,19,20). The molecule has 1 aliphatic rings. The Morgan fingerprint density at radius 2 is 2.18 bits per heavy atom. The first-order chi connectivity index (χ1) is 10.4. The van der Waals surface area contributed by atoms with E-state index in [0.717, 1.165) is 12.8 Å². The van der Waals surface area contributed by atoms with Crippen molar-refractivity contribution >= 4 is 23.2 Å². The Labute approximate surface area is 134 Å². The molecule has 1 amide bonds. The van der Waals surface area contributed by atoms with Gasteiger partial charge in [-0.05, 0) is 38.3 Å². The second kappa shape index (κ2) is 7.24. The predicted octanol–water partition coefficient (Wildman–Crippen LogP) is 2.39. The number of carboxylic acid groups (broad SMARTS) is 1. The number of thiophene rings is 1. The molecule has 0 aliphatic carbocycles. The third kappa shape index (κ3) is 3.87. The van der Waals surface area contributed by atoms with Gasteiger partial charge in [0.1, 0.15) is 6.04 Å². The lowest BCUT2D eigenvalue weighted by Gasteiger charge is -2.21. The number of aryl methyl sites for hydroxylation is 3. The Morgan fingerprint density at radius 3 is 2.73 bits per heavy atom. The smallest absolute Gasteiger partial charge is 0.326 e. The van der Waals surface area contributed by atoms with E-state index in [1.165, 1.54) is 20.2 Å². The second-order valence-electron chi connectivity index (χ2n) is 5.79. The van der Waals surface area contributed by atoms with Crippen LogP contribution in [0.15, 0.2) is 6.07 Å². The molecule has 1 fully saturated rings. The lowest BCUT2D eigenvalue weighted by atomic mass is 10.1. The van der Waals surface area contributed by atoms with Crippen LogP contribution >= 0.6 is 11.3 Å². The van der Waals surface area contributed by atoms with E-state index in [0.29, 0.717) is 19.4 Å². The van der Waals surface area contributed by atoms with Crippen molar-refractivity contribution in [3.05, 3.63) is 21.4 Å². The second-order valence-corrected chi connectivity index (χ2v) is 7.25. The van der Waals surface area contributed by atoms with Gasteiger partial charge < -0.3 is 14.7 Å². The number of aliphatic carboxylic acids is 1. The van der Waals surface area contributed by atoms with Gasteiger partial charge >= 0.3 is 5.97 Å². The normalized spacial score (nSPS) is 21.3. The number of hydrogen-bond acceptors (Lipinski definition) is 4. The number of likely N-dealkylation sites (tertiary alicyclic amines) is 1. The van der Waals surface area contributed by atoms with Gasteiger partial charge in [0.25, 0.3) is 0 Å². The van der Waals surface area contributed by atoms with E-state index in [1.54, 1.807) is 18.4 Å². The van der Waals surface area contributed by atoms with Gasteiger partial charge in [-0.25, -0.2) is 4.79 Å². The Kier molecular flexibility index (Phi) is 5.58. The average molecular weight is 325 g/mol. The van der Waals surface area contributed by atoms with Gasteiger partial charge in [-0.3, -0.25) is 4.79 Å². The van der Waals surface area contributed by atoms with Crippen LogP contribution in [0, 0.1) is 13.8 Å². The molecule has 6 heteroatoms. The summed E-state index contributed by atoms with van der Waals surface area (Å²) in [4.78, 5) is 27.6. The molecular formula is C16H23NO4S. The van der Waals surface area contributed by atoms with E-state index in [-0.39, 0.29) is 12.0 Å². The van der Waals surface area contributed by atoms with Crippen molar-refractivity contribution in [1.29, 1.82) is 0 Å². The largest absolute Gasteiger partial charge is 0.480 e. The van der Waals surface area contributed by atoms with Crippen molar-refractivity contribution in [2.45, 2.75) is 51.7 Å². The van der Waals surface area contributed by atoms with Crippen LogP contribution in [-0.4, -0.2) is 47.7 Å². The molecule has 1 N–H and O–H groups in total. The van der Waals surface area contributed by atoms with Crippen molar-refractivity contribution in [2.75, 3.05) is 13.7 Å². The van der Waals surface area contributed by atoms with Crippen molar-refractivity contribution in [2.24, 2.45) is 0 Å². The molecule has 22 heavy (non-hydrogen) atoms. The molecule has 1 saturated heterocycles. The topological polar surface area (TPSA) is 66.8 Å². The van der Waals surface area contributed by atoms with Crippen LogP contribution in [-0.2, 0) is 20.7 Å². The number of nitrogens with zero attached hydrogens (tertiary/aromatic N) is 1. The van der Waals surface area contributed by atoms with E-state index >= 15 is 0 Å². The Hall–Kier alpha value is -1.40. The highest BCUT2D eigenvalue weighted by Gasteiger charge is 2.39. The average Bonchev–Trinajstić information content (AvgIpc) is 3.02. The van der Waals surface area contributed by atoms with E-state index in [1.807, 2.05) is 0 Å². The first-order valence-electron chi connectivity index (χ1n) is 7.53. The fourth-order valence-corrected chi connectivity index (χ4v) is 3.96. The minimum absolute atomic E-state index is 0.0865. The highest BCUT2D eigenvalue weighted by atomic mass is 32.1. The molecule has 0 spiro atoms. The number of ether oxygens (including phenoxy) is 1. The molecule has 0 aromatic carbocycles. The third-order valence-corrected chi connectivity index (χ3v) is 5.19. The maximum Gasteiger partial charge on any atom is 0.326 e. The van der Waals surface area contributed by atoms with Crippen molar-refractivity contribution in [3.8, 4) is 0 Å². The zero-order valence-corrected chi connectivity index (χ0v) is 14.1. The first kappa shape index (κ1) is 17.0. The number of carbonyl (C=O) groups is 2. The molecule has 1 aromatic heterocycles. The maximum atomic E-state index is 12.3. The number of amides is 1. The summed E-state index contributed by atoms with van der Waals surface area (Å²) >= 11 is 1.77. The van der Waals surface area contributed by atoms with Gasteiger partial charge in [-0.15, -0.1) is 11.3 Å². The van der Waals surface area contributed by atoms with Gasteiger partial charge in [0.15, 0.2) is 0 Å². The van der Waals surface area contributed by atoms with Crippen LogP contribution in [0.3, 0.4) is 0 Å². The summed E-state index contributed by atoms with van der Waals surface area (Å²) in [5, 5.41) is 9.24. The minimum atomic E-state index is -0.947. The number of carbonyl (C=O) groups excluding carboxylic acids is 1. The van der Waals surface area contributed by atoms with Crippen molar-refractivity contribution in [1.82, 2.24) is 4.90 Å². The third-order valence-electron chi connectivity index (χ3n) is 4.18. The summed E-state index contributed by atoms with van der Waals surface area (Å²) in [5.41, 5.74) is 1.29. The van der Waals surface area contributed by atoms with Gasteiger partial charge in [0.05, 0.1) is 6.10 Å². The molecule has 1 aromatic rings. The fourth-order valence-electron chi connectivity index (χ4n) is 2.98. The van der Waals surface area contributed by atoms with Crippen LogP contribution in [0.1, 0.15) is 34.6 Å². The monoisotopic (exact) mass is 325 g/mol. The number of hydrogen-bond donors (Lipinski definition) is 1. The molecule has 0 radical (unpaired) electrons. The molecule has 0 saturated carbocycles. The lowest BCUT2D eigenvalue weighted by molar-refractivity contribution is -0.148. The Bertz CT molecular complexity index is 554. The van der Waals surface area contributed by atoms with Crippen LogP contribution < -0.4 is 0 Å². The van der Waals surface area contributed by atoms with Gasteiger partial charge in [0, 0.05) is 36.3 Å². The van der Waals surface area contributed by atoms with Gasteiger partial charge in [-0.2, -0.15) is 0 Å². The highest BCUT2D eigenvalue weighted by molar-refractivity contribution is 7.12. The molecule has 1 aliphatic heterocycles. The Balaban J connectivity index is 1.88. The zero-order valence-electron chi connectivity index (χ0n) is 13.3. The molecular weight excluding hydrogens is 302 g/mol. The lowest BCUT2D eigenvalue weighted by Crippen LogP contribution is -2.40. The summed E-state index contributed by atoms with van der Waals surface area (Å²) < 4.78 is 5.21. The van der Waals surface area contributed by atoms with E-state index in [9.17, 15) is 14.7 Å². The summed E-state index contributed by atoms with van der Waals surface area (Å²) in [5.74, 6) is -1.03. The van der Waals surface area contributed by atoms with Crippen LogP contribution in [0.25, 0.3) is 0 Å². The first-order valence-corrected chi connectivity index (χ1v) is 8.35. The molecule has 2 heterocycles. The fraction of sp³-hybridized carbons (Fsp3) is 0.625. The Morgan fingerprint density at radius 1 is 1.45 bits per heavy atom. The SMILES string of the molecule is COC1CC(C(=O)O)N(C(=O)CCCc2cc(C)sc2C)C1. The highest BCUT2D eigenvalue weighted by Crippen LogP contribution is 2.24. The molecule has 2 rings (SSSR count). The molecule has 5 nitrogen and oxygen atoms in total. The van der Waals surface area contributed by atoms with Gasteiger partial charge in [-0.1, -0.05) is 0 Å². The maximum absolute atomic E-state index is 12.3. The number of carboxylic acids is 1. The predicted molar refractivity (Wildman–Crippen MR) is 85.3 cm³/mol. The van der Waals surface area contributed by atoms with Crippen LogP contribution in [0.5, 0.6) is 0 Å². The minimum Gasteiger partial charge on any atom is -0.480 e.